The molecule has 0 aromatic carbocycles. The maximum Gasteiger partial charge on any atom is 0.266 e. The molecule has 0 saturated carbocycles. The summed E-state index contributed by atoms with van der Waals surface area (Å²) in [6.45, 7) is 11.9. The summed E-state index contributed by atoms with van der Waals surface area (Å²) in [6.07, 6.45) is 11.2. The fourth-order valence-electron chi connectivity index (χ4n) is 3.36. The number of halogens is 1. The monoisotopic (exact) mass is 555 g/mol. The Morgan fingerprint density at radius 3 is 2.86 bits per heavy atom. The van der Waals surface area contributed by atoms with Gasteiger partial charge in [-0.05, 0) is 66.1 Å². The molecule has 0 bridgehead atoms. The molecule has 0 spiro atoms. The third kappa shape index (κ3) is 6.45. The molecule has 3 rings (SSSR count). The molecule has 0 radical (unpaired) electrons. The highest BCUT2D eigenvalue weighted by Gasteiger charge is 2.25. The molecule has 184 valence electrons. The van der Waals surface area contributed by atoms with Crippen LogP contribution < -0.4 is 10.6 Å². The molecule has 0 aliphatic heterocycles. The molecule has 2 aromatic heterocycles. The first kappa shape index (κ1) is 26.8. The second-order valence-corrected chi connectivity index (χ2v) is 11.1. The number of rotatable bonds is 9. The molecule has 9 heteroatoms. The number of aromatic nitrogens is 2. The van der Waals surface area contributed by atoms with Gasteiger partial charge in [0.15, 0.2) is 0 Å². The van der Waals surface area contributed by atoms with Gasteiger partial charge in [0.05, 0.1) is 16.0 Å². The molecule has 35 heavy (non-hydrogen) atoms. The van der Waals surface area contributed by atoms with Crippen molar-refractivity contribution < 1.29 is 9.90 Å². The number of allylic oxidation sites excluding steroid dienone is 4. The van der Waals surface area contributed by atoms with Crippen LogP contribution in [0, 0.1) is 28.6 Å². The molecule has 7 nitrogen and oxygen atoms in total. The maximum absolute atomic E-state index is 13.0. The molecular weight excluding hydrogens is 526 g/mol. The molecule has 1 aliphatic carbocycles. The van der Waals surface area contributed by atoms with Crippen LogP contribution in [-0.4, -0.2) is 27.2 Å². The van der Waals surface area contributed by atoms with Crippen LogP contribution in [0.4, 0.5) is 0 Å². The number of aliphatic hydroxyl groups excluding tert-OH is 1. The van der Waals surface area contributed by atoms with Gasteiger partial charge >= 0.3 is 0 Å². The molecule has 1 amide bonds. The van der Waals surface area contributed by atoms with Crippen LogP contribution in [0.3, 0.4) is 0 Å². The summed E-state index contributed by atoms with van der Waals surface area (Å²) in [7, 11) is 0. The van der Waals surface area contributed by atoms with Crippen molar-refractivity contribution in [2.75, 3.05) is 0 Å². The van der Waals surface area contributed by atoms with Gasteiger partial charge in [0.1, 0.15) is 21.5 Å². The third-order valence-corrected chi connectivity index (χ3v) is 8.38. The Balaban J connectivity index is 1.63. The van der Waals surface area contributed by atoms with Crippen LogP contribution in [0.25, 0.3) is 10.3 Å². The predicted molar refractivity (Wildman–Crippen MR) is 143 cm³/mol. The second-order valence-electron chi connectivity index (χ2n) is 9.30. The minimum atomic E-state index is -0.979. The average molecular weight is 557 g/mol. The van der Waals surface area contributed by atoms with Gasteiger partial charge in [0.2, 0.25) is 0 Å². The number of hydrogen-bond acceptors (Lipinski definition) is 7. The Labute approximate surface area is 218 Å². The van der Waals surface area contributed by atoms with E-state index in [-0.39, 0.29) is 17.7 Å². The molecule has 0 saturated heterocycles. The van der Waals surface area contributed by atoms with E-state index in [1.807, 2.05) is 45.9 Å². The molecule has 3 N–H and O–H groups in total. The zero-order valence-corrected chi connectivity index (χ0v) is 22.7. The fraction of sp³-hybridized carbons (Fsp3) is 0.385. The van der Waals surface area contributed by atoms with E-state index in [0.29, 0.717) is 43.8 Å². The molecule has 1 aliphatic rings. The van der Waals surface area contributed by atoms with Gasteiger partial charge < -0.3 is 15.7 Å². The predicted octanol–water partition coefficient (Wildman–Crippen LogP) is 5.59. The lowest BCUT2D eigenvalue weighted by atomic mass is 9.79. The number of nitrogens with one attached hydrogen (secondary N) is 2. The van der Waals surface area contributed by atoms with E-state index in [9.17, 15) is 15.2 Å². The lowest BCUT2D eigenvalue weighted by molar-refractivity contribution is 0.0965. The SMILES string of the molecule is C=C(/C=C\CC(C)C(C)(C)C#N)C(O)NC1=CCC(C)C(NC(=O)c2sc3nccnc3c2Br)=C1. The Bertz CT molecular complexity index is 1250. The van der Waals surface area contributed by atoms with E-state index in [2.05, 4.69) is 49.2 Å². The van der Waals surface area contributed by atoms with Crippen molar-refractivity contribution in [2.45, 2.75) is 46.8 Å². The van der Waals surface area contributed by atoms with Crippen LogP contribution >= 0.6 is 27.3 Å². The standard InChI is InChI=1S/C26H30BrN5O2S/c1-15-9-10-18(31-23(33)16(2)7-6-8-17(3)26(4,5)14-28)13-19(15)32-24(34)22-20(27)21-25(35-22)30-12-11-29-21/h6-7,10-13,15,17,23,31,33H,2,8-9H2,1,3-5H3,(H,32,34)/b7-6-. The third-order valence-electron chi connectivity index (χ3n) is 6.26. The van der Waals surface area contributed by atoms with Crippen LogP contribution in [0.15, 0.2) is 64.7 Å². The van der Waals surface area contributed by atoms with Crippen LogP contribution in [0.2, 0.25) is 0 Å². The zero-order valence-electron chi connectivity index (χ0n) is 20.3. The van der Waals surface area contributed by atoms with E-state index in [0.717, 1.165) is 5.70 Å². The average Bonchev–Trinajstić information content (AvgIpc) is 3.17. The fourth-order valence-corrected chi connectivity index (χ4v) is 5.10. The molecule has 2 aromatic rings. The Hall–Kier alpha value is -2.80. The minimum Gasteiger partial charge on any atom is -0.369 e. The van der Waals surface area contributed by atoms with E-state index in [4.69, 9.17) is 0 Å². The molecule has 3 atom stereocenters. The van der Waals surface area contributed by atoms with E-state index in [1.54, 1.807) is 18.5 Å². The van der Waals surface area contributed by atoms with Crippen LogP contribution in [-0.2, 0) is 0 Å². The largest absolute Gasteiger partial charge is 0.369 e. The highest BCUT2D eigenvalue weighted by atomic mass is 79.9. The van der Waals surface area contributed by atoms with Gasteiger partial charge in [0, 0.05) is 23.8 Å². The summed E-state index contributed by atoms with van der Waals surface area (Å²) in [5.74, 6) is 0.0493. The highest BCUT2D eigenvalue weighted by molar-refractivity contribution is 9.10. The zero-order chi connectivity index (χ0) is 25.8. The molecular formula is C26H30BrN5O2S. The van der Waals surface area contributed by atoms with Crippen molar-refractivity contribution in [2.24, 2.45) is 17.3 Å². The topological polar surface area (TPSA) is 111 Å². The summed E-state index contributed by atoms with van der Waals surface area (Å²) < 4.78 is 0.632. The van der Waals surface area contributed by atoms with Gasteiger partial charge in [-0.2, -0.15) is 5.26 Å². The maximum atomic E-state index is 13.0. The Morgan fingerprint density at radius 2 is 2.17 bits per heavy atom. The number of carbonyl (C=O) groups excluding carboxylic acids is 1. The molecule has 2 heterocycles. The number of aliphatic hydroxyl groups is 1. The summed E-state index contributed by atoms with van der Waals surface area (Å²) in [4.78, 5) is 22.8. The van der Waals surface area contributed by atoms with Crippen molar-refractivity contribution in [1.82, 2.24) is 20.6 Å². The summed E-state index contributed by atoms with van der Waals surface area (Å²) in [5, 5.41) is 25.9. The van der Waals surface area contributed by atoms with Crippen molar-refractivity contribution >= 4 is 43.5 Å². The summed E-state index contributed by atoms with van der Waals surface area (Å²) >= 11 is 4.76. The van der Waals surface area contributed by atoms with Gasteiger partial charge in [-0.25, -0.2) is 4.98 Å². The lowest BCUT2D eigenvalue weighted by Crippen LogP contribution is -2.32. The van der Waals surface area contributed by atoms with Crippen molar-refractivity contribution in [1.29, 1.82) is 5.26 Å². The summed E-state index contributed by atoms with van der Waals surface area (Å²) in [6, 6.07) is 2.33. The van der Waals surface area contributed by atoms with Crippen molar-refractivity contribution in [3.8, 4) is 6.07 Å². The van der Waals surface area contributed by atoms with Gasteiger partial charge in [-0.3, -0.25) is 9.78 Å². The minimum absolute atomic E-state index is 0.110. The number of thiophene rings is 1. The number of amides is 1. The second kappa shape index (κ2) is 11.3. The van der Waals surface area contributed by atoms with E-state index >= 15 is 0 Å². The number of carbonyl (C=O) groups is 1. The summed E-state index contributed by atoms with van der Waals surface area (Å²) in [5.41, 5.74) is 2.22. The van der Waals surface area contributed by atoms with Gasteiger partial charge in [-0.15, -0.1) is 11.3 Å². The first-order valence-electron chi connectivity index (χ1n) is 11.4. The first-order valence-corrected chi connectivity index (χ1v) is 13.0. The van der Waals surface area contributed by atoms with Gasteiger partial charge in [-0.1, -0.05) is 38.7 Å². The lowest BCUT2D eigenvalue weighted by Gasteiger charge is -2.24. The number of hydrogen-bond donors (Lipinski definition) is 3. The van der Waals surface area contributed by atoms with E-state index < -0.39 is 11.6 Å². The van der Waals surface area contributed by atoms with Crippen molar-refractivity contribution in [3.63, 3.8) is 0 Å². The van der Waals surface area contributed by atoms with Crippen LogP contribution in [0.5, 0.6) is 0 Å². The van der Waals surface area contributed by atoms with E-state index in [1.165, 1.54) is 11.3 Å². The number of fused-ring (bicyclic) bond motifs is 1. The molecule has 3 unspecified atom stereocenters. The molecule has 0 fully saturated rings. The van der Waals surface area contributed by atoms with Crippen molar-refractivity contribution in [3.05, 3.63) is 69.6 Å². The normalized spacial score (nSPS) is 17.9. The smallest absolute Gasteiger partial charge is 0.266 e. The number of nitrogens with zero attached hydrogens (tertiary/aromatic N) is 3. The Morgan fingerprint density at radius 1 is 1.46 bits per heavy atom. The highest BCUT2D eigenvalue weighted by Crippen LogP contribution is 2.33. The van der Waals surface area contributed by atoms with Gasteiger partial charge in [0.25, 0.3) is 5.91 Å². The quantitative estimate of drug-likeness (QED) is 0.275. The Kier molecular flexibility index (Phi) is 8.65. The first-order chi connectivity index (χ1) is 16.5. The van der Waals surface area contributed by atoms with Crippen LogP contribution in [0.1, 0.15) is 50.2 Å². The number of nitriles is 1.